The quantitative estimate of drug-likeness (QED) is 0.689. The van der Waals surface area contributed by atoms with Gasteiger partial charge in [-0.3, -0.25) is 0 Å². The Morgan fingerprint density at radius 2 is 1.53 bits per heavy atom. The summed E-state index contributed by atoms with van der Waals surface area (Å²) in [5, 5.41) is 0. The van der Waals surface area contributed by atoms with Crippen LogP contribution in [0, 0.1) is 16.7 Å². The second kappa shape index (κ2) is 4.08. The molecular formula is C14H27N. The molecule has 0 spiro atoms. The molecular weight excluding hydrogens is 182 g/mol. The summed E-state index contributed by atoms with van der Waals surface area (Å²) in [5.41, 5.74) is 7.18. The fourth-order valence-corrected chi connectivity index (χ4v) is 4.35. The Kier molecular flexibility index (Phi) is 3.12. The maximum atomic E-state index is 6.07. The van der Waals surface area contributed by atoms with Crippen molar-refractivity contribution in [2.75, 3.05) is 6.54 Å². The van der Waals surface area contributed by atoms with E-state index in [0.29, 0.717) is 10.8 Å². The second-order valence-corrected chi connectivity index (χ2v) is 6.77. The third-order valence-corrected chi connectivity index (χ3v) is 4.79. The summed E-state index contributed by atoms with van der Waals surface area (Å²) in [4.78, 5) is 0. The van der Waals surface area contributed by atoms with Gasteiger partial charge in [-0.15, -0.1) is 0 Å². The topological polar surface area (TPSA) is 26.0 Å². The van der Waals surface area contributed by atoms with Crippen LogP contribution in [0.4, 0.5) is 0 Å². The van der Waals surface area contributed by atoms with Gasteiger partial charge in [0.25, 0.3) is 0 Å². The Labute approximate surface area is 94.8 Å². The zero-order chi connectivity index (χ0) is 10.9. The van der Waals surface area contributed by atoms with Crippen LogP contribution in [0.3, 0.4) is 0 Å². The van der Waals surface area contributed by atoms with E-state index in [-0.39, 0.29) is 0 Å². The number of hydrogen-bond donors (Lipinski definition) is 1. The van der Waals surface area contributed by atoms with Gasteiger partial charge in [0.1, 0.15) is 0 Å². The molecule has 0 saturated heterocycles. The first-order valence-corrected chi connectivity index (χ1v) is 6.78. The minimum atomic E-state index is 0.536. The van der Waals surface area contributed by atoms with Crippen molar-refractivity contribution >= 4 is 0 Å². The van der Waals surface area contributed by atoms with Crippen molar-refractivity contribution in [3.05, 3.63) is 0 Å². The molecule has 0 heterocycles. The van der Waals surface area contributed by atoms with Gasteiger partial charge >= 0.3 is 0 Å². The maximum absolute atomic E-state index is 6.07. The van der Waals surface area contributed by atoms with Gasteiger partial charge in [0.15, 0.2) is 0 Å². The van der Waals surface area contributed by atoms with Crippen molar-refractivity contribution in [2.24, 2.45) is 22.5 Å². The lowest BCUT2D eigenvalue weighted by atomic mass is 9.49. The lowest BCUT2D eigenvalue weighted by molar-refractivity contribution is -0.0596. The minimum Gasteiger partial charge on any atom is -0.330 e. The molecule has 15 heavy (non-hydrogen) atoms. The monoisotopic (exact) mass is 209 g/mol. The smallest absolute Gasteiger partial charge is 0.00175 e. The van der Waals surface area contributed by atoms with E-state index < -0.39 is 0 Å². The van der Waals surface area contributed by atoms with Gasteiger partial charge in [-0.2, -0.15) is 0 Å². The lowest BCUT2D eigenvalue weighted by Crippen LogP contribution is -2.52. The molecule has 1 heteroatoms. The molecule has 2 rings (SSSR count). The maximum Gasteiger partial charge on any atom is -0.00175 e. The zero-order valence-corrected chi connectivity index (χ0v) is 10.5. The van der Waals surface area contributed by atoms with Crippen LogP contribution in [0.15, 0.2) is 0 Å². The average molecular weight is 209 g/mol. The highest BCUT2D eigenvalue weighted by atomic mass is 14.7. The van der Waals surface area contributed by atoms with Gasteiger partial charge in [0.2, 0.25) is 0 Å². The first kappa shape index (κ1) is 11.4. The molecule has 0 radical (unpaired) electrons. The molecule has 0 unspecified atom stereocenters. The minimum absolute atomic E-state index is 0.536. The van der Waals surface area contributed by atoms with E-state index in [0.717, 1.165) is 12.5 Å². The Hall–Kier alpha value is -0.0400. The van der Waals surface area contributed by atoms with Gasteiger partial charge in [-0.05, 0) is 49.0 Å². The molecule has 2 fully saturated rings. The van der Waals surface area contributed by atoms with Crippen molar-refractivity contribution in [2.45, 2.75) is 65.2 Å². The van der Waals surface area contributed by atoms with E-state index in [1.807, 2.05) is 0 Å². The van der Waals surface area contributed by atoms with E-state index in [9.17, 15) is 0 Å². The molecule has 2 aliphatic carbocycles. The van der Waals surface area contributed by atoms with E-state index in [2.05, 4.69) is 13.8 Å². The molecule has 0 bridgehead atoms. The molecule has 88 valence electrons. The van der Waals surface area contributed by atoms with Crippen molar-refractivity contribution in [3.63, 3.8) is 0 Å². The lowest BCUT2D eigenvalue weighted by Gasteiger charge is -2.57. The van der Waals surface area contributed by atoms with Gasteiger partial charge < -0.3 is 5.73 Å². The molecule has 0 aromatic carbocycles. The van der Waals surface area contributed by atoms with Crippen molar-refractivity contribution in [1.82, 2.24) is 0 Å². The first-order valence-electron chi connectivity index (χ1n) is 6.78. The van der Waals surface area contributed by atoms with Crippen LogP contribution in [-0.2, 0) is 0 Å². The molecule has 0 aromatic heterocycles. The van der Waals surface area contributed by atoms with Gasteiger partial charge in [-0.25, -0.2) is 0 Å². The van der Waals surface area contributed by atoms with Crippen LogP contribution >= 0.6 is 0 Å². The van der Waals surface area contributed by atoms with E-state index in [4.69, 9.17) is 5.73 Å². The number of nitrogens with two attached hydrogens (primary N) is 1. The van der Waals surface area contributed by atoms with E-state index >= 15 is 0 Å². The van der Waals surface area contributed by atoms with Crippen molar-refractivity contribution < 1.29 is 0 Å². The highest BCUT2D eigenvalue weighted by Crippen LogP contribution is 2.59. The van der Waals surface area contributed by atoms with Crippen molar-refractivity contribution in [3.8, 4) is 0 Å². The highest BCUT2D eigenvalue weighted by molar-refractivity contribution is 5.03. The third kappa shape index (κ3) is 2.22. The molecule has 0 amide bonds. The summed E-state index contributed by atoms with van der Waals surface area (Å²) < 4.78 is 0. The summed E-state index contributed by atoms with van der Waals surface area (Å²) >= 11 is 0. The van der Waals surface area contributed by atoms with E-state index in [1.165, 1.54) is 51.4 Å². The number of rotatable bonds is 2. The average Bonchev–Trinajstić information content (AvgIpc) is 2.41. The third-order valence-electron chi connectivity index (χ3n) is 4.79. The molecule has 0 atom stereocenters. The van der Waals surface area contributed by atoms with Crippen LogP contribution in [0.2, 0.25) is 0 Å². The van der Waals surface area contributed by atoms with Crippen LogP contribution < -0.4 is 5.73 Å². The largest absolute Gasteiger partial charge is 0.330 e. The fourth-order valence-electron chi connectivity index (χ4n) is 4.35. The molecule has 2 saturated carbocycles. The van der Waals surface area contributed by atoms with Gasteiger partial charge in [0, 0.05) is 0 Å². The Balaban J connectivity index is 2.00. The molecule has 2 aliphatic rings. The SMILES string of the molecule is CC1(C)CC(CN)(C2CCCCCC2)C1. The second-order valence-electron chi connectivity index (χ2n) is 6.77. The summed E-state index contributed by atoms with van der Waals surface area (Å²) in [5.74, 6) is 0.943. The standard InChI is InChI=1S/C14H27N/c1-13(2)9-14(10-13,11-15)12-7-5-3-4-6-8-12/h12H,3-11,15H2,1-2H3. The molecule has 1 nitrogen and oxygen atoms in total. The van der Waals surface area contributed by atoms with Crippen LogP contribution in [0.1, 0.15) is 65.2 Å². The first-order chi connectivity index (χ1) is 7.08. The summed E-state index contributed by atoms with van der Waals surface area (Å²) in [6, 6.07) is 0. The zero-order valence-electron chi connectivity index (χ0n) is 10.5. The van der Waals surface area contributed by atoms with Crippen LogP contribution in [0.5, 0.6) is 0 Å². The predicted molar refractivity (Wildman–Crippen MR) is 65.7 cm³/mol. The molecule has 0 aliphatic heterocycles. The van der Waals surface area contributed by atoms with Crippen LogP contribution in [0.25, 0.3) is 0 Å². The van der Waals surface area contributed by atoms with E-state index in [1.54, 1.807) is 0 Å². The summed E-state index contributed by atoms with van der Waals surface area (Å²) in [7, 11) is 0. The Bertz CT molecular complexity index is 203. The number of hydrogen-bond acceptors (Lipinski definition) is 1. The Morgan fingerprint density at radius 1 is 1.00 bits per heavy atom. The van der Waals surface area contributed by atoms with Crippen molar-refractivity contribution in [1.29, 1.82) is 0 Å². The summed E-state index contributed by atoms with van der Waals surface area (Å²) in [6.45, 7) is 5.73. The molecule has 2 N–H and O–H groups in total. The normalized spacial score (nSPS) is 30.6. The van der Waals surface area contributed by atoms with Crippen LogP contribution in [-0.4, -0.2) is 6.54 Å². The van der Waals surface area contributed by atoms with Gasteiger partial charge in [0.05, 0.1) is 0 Å². The highest BCUT2D eigenvalue weighted by Gasteiger charge is 2.51. The fraction of sp³-hybridized carbons (Fsp3) is 1.00. The van der Waals surface area contributed by atoms with Gasteiger partial charge in [-0.1, -0.05) is 39.5 Å². The predicted octanol–water partition coefficient (Wildman–Crippen LogP) is 3.72. The molecule has 0 aromatic rings. The summed E-state index contributed by atoms with van der Waals surface area (Å²) in [6.07, 6.45) is 11.5. The Morgan fingerprint density at radius 3 is 1.93 bits per heavy atom.